The second kappa shape index (κ2) is 9.41. The summed E-state index contributed by atoms with van der Waals surface area (Å²) in [6.45, 7) is 5.70. The van der Waals surface area contributed by atoms with Gasteiger partial charge in [-0.25, -0.2) is 0 Å². The van der Waals surface area contributed by atoms with Gasteiger partial charge in [-0.05, 0) is 44.0 Å². The van der Waals surface area contributed by atoms with Crippen LogP contribution in [0.15, 0.2) is 23.2 Å². The summed E-state index contributed by atoms with van der Waals surface area (Å²) in [6, 6.07) is 6.71. The zero-order valence-electron chi connectivity index (χ0n) is 17.4. The number of hydrogen-bond donors (Lipinski definition) is 2. The monoisotopic (exact) mass is 421 g/mol. The topological polar surface area (TPSA) is 61.4 Å². The summed E-state index contributed by atoms with van der Waals surface area (Å²) in [5, 5.41) is 7.74. The minimum absolute atomic E-state index is 0.221. The van der Waals surface area contributed by atoms with E-state index < -0.39 is 0 Å². The number of anilines is 1. The van der Waals surface area contributed by atoms with Crippen molar-refractivity contribution in [2.24, 2.45) is 4.99 Å². The first kappa shape index (κ1) is 20.6. The Kier molecular flexibility index (Phi) is 6.67. The van der Waals surface area contributed by atoms with Gasteiger partial charge < -0.3 is 25.0 Å². The lowest BCUT2D eigenvalue weighted by atomic mass is 10.2. The fourth-order valence-corrected chi connectivity index (χ4v) is 4.78. The van der Waals surface area contributed by atoms with Crippen LogP contribution in [-0.2, 0) is 4.74 Å². The molecule has 2 N–H and O–H groups in total. The van der Waals surface area contributed by atoms with Crippen molar-refractivity contribution in [1.29, 1.82) is 0 Å². The molecule has 3 aliphatic rings. The van der Waals surface area contributed by atoms with Crippen molar-refractivity contribution in [2.75, 3.05) is 58.4 Å². The van der Waals surface area contributed by atoms with Gasteiger partial charge in [0.25, 0.3) is 0 Å². The number of nitrogens with zero attached hydrogens (tertiary/aromatic N) is 3. The molecule has 160 valence electrons. The highest BCUT2D eigenvalue weighted by molar-refractivity contribution is 6.30. The van der Waals surface area contributed by atoms with E-state index in [0.29, 0.717) is 12.1 Å². The van der Waals surface area contributed by atoms with Crippen LogP contribution in [0.5, 0.6) is 5.75 Å². The quantitative estimate of drug-likeness (QED) is 0.559. The molecule has 29 heavy (non-hydrogen) atoms. The minimum Gasteiger partial charge on any atom is -0.495 e. The highest BCUT2D eigenvalue weighted by atomic mass is 35.5. The van der Waals surface area contributed by atoms with Crippen LogP contribution >= 0.6 is 11.6 Å². The first-order valence-electron chi connectivity index (χ1n) is 10.6. The Morgan fingerprint density at radius 3 is 3.03 bits per heavy atom. The lowest BCUT2D eigenvalue weighted by molar-refractivity contribution is -0.0453. The van der Waals surface area contributed by atoms with Crippen molar-refractivity contribution in [3.05, 3.63) is 23.2 Å². The number of nitrogens with one attached hydrogen (secondary N) is 2. The average Bonchev–Trinajstić information content (AvgIpc) is 3.40. The van der Waals surface area contributed by atoms with E-state index in [1.54, 1.807) is 7.11 Å². The Morgan fingerprint density at radius 2 is 2.21 bits per heavy atom. The summed E-state index contributed by atoms with van der Waals surface area (Å²) in [5.41, 5.74) is 1.04. The number of hydrogen-bond acceptors (Lipinski definition) is 5. The van der Waals surface area contributed by atoms with Gasteiger partial charge >= 0.3 is 0 Å². The van der Waals surface area contributed by atoms with E-state index in [1.165, 1.54) is 19.4 Å². The van der Waals surface area contributed by atoms with Gasteiger partial charge in [-0.3, -0.25) is 9.89 Å². The molecule has 0 aromatic heterocycles. The van der Waals surface area contributed by atoms with Gasteiger partial charge in [-0.15, -0.1) is 0 Å². The maximum Gasteiger partial charge on any atom is 0.191 e. The number of fused-ring (bicyclic) bond motifs is 1. The summed E-state index contributed by atoms with van der Waals surface area (Å²) in [7, 11) is 3.52. The Bertz CT molecular complexity index is 731. The van der Waals surface area contributed by atoms with E-state index in [9.17, 15) is 0 Å². The molecule has 3 atom stereocenters. The zero-order chi connectivity index (χ0) is 20.2. The molecule has 1 aromatic rings. The van der Waals surface area contributed by atoms with Crippen LogP contribution in [0.2, 0.25) is 5.02 Å². The molecule has 4 rings (SSSR count). The van der Waals surface area contributed by atoms with Crippen molar-refractivity contribution < 1.29 is 9.47 Å². The molecule has 3 heterocycles. The molecule has 0 bridgehead atoms. The van der Waals surface area contributed by atoms with Gasteiger partial charge in [-0.2, -0.15) is 0 Å². The molecule has 8 heteroatoms. The number of ether oxygens (including phenoxy) is 2. The molecule has 0 saturated carbocycles. The molecule has 0 amide bonds. The SMILES string of the molecule is CN=C(NCC1CN2CCCC2CO1)NC1CCN(c2cc(Cl)ccc2OC)C1. The number of halogens is 1. The molecule has 3 saturated heterocycles. The summed E-state index contributed by atoms with van der Waals surface area (Å²) < 4.78 is 11.6. The van der Waals surface area contributed by atoms with Crippen LogP contribution in [0.1, 0.15) is 19.3 Å². The van der Waals surface area contributed by atoms with E-state index in [0.717, 1.165) is 61.6 Å². The van der Waals surface area contributed by atoms with E-state index >= 15 is 0 Å². The molecule has 3 fully saturated rings. The van der Waals surface area contributed by atoms with Crippen LogP contribution in [0.3, 0.4) is 0 Å². The van der Waals surface area contributed by atoms with Crippen molar-refractivity contribution in [3.8, 4) is 5.75 Å². The van der Waals surface area contributed by atoms with Gasteiger partial charge in [0.05, 0.1) is 25.5 Å². The second-order valence-electron chi connectivity index (χ2n) is 8.09. The highest BCUT2D eigenvalue weighted by Gasteiger charge is 2.32. The van der Waals surface area contributed by atoms with Crippen molar-refractivity contribution in [2.45, 2.75) is 37.5 Å². The lowest BCUT2D eigenvalue weighted by Crippen LogP contribution is -2.52. The number of benzene rings is 1. The van der Waals surface area contributed by atoms with E-state index in [4.69, 9.17) is 21.1 Å². The van der Waals surface area contributed by atoms with Crippen LogP contribution < -0.4 is 20.3 Å². The molecule has 0 aliphatic carbocycles. The number of rotatable bonds is 5. The van der Waals surface area contributed by atoms with Crippen LogP contribution in [0.25, 0.3) is 0 Å². The van der Waals surface area contributed by atoms with E-state index in [-0.39, 0.29) is 6.10 Å². The third kappa shape index (κ3) is 4.90. The normalized spacial score (nSPS) is 27.8. The molecule has 7 nitrogen and oxygen atoms in total. The van der Waals surface area contributed by atoms with Crippen LogP contribution in [0.4, 0.5) is 5.69 Å². The van der Waals surface area contributed by atoms with E-state index in [2.05, 4.69) is 25.4 Å². The fourth-order valence-electron chi connectivity index (χ4n) is 4.61. The summed E-state index contributed by atoms with van der Waals surface area (Å²) >= 11 is 6.20. The molecular weight excluding hydrogens is 390 g/mol. The third-order valence-corrected chi connectivity index (χ3v) is 6.43. The Balaban J connectivity index is 1.27. The number of aliphatic imine (C=N–C) groups is 1. The number of methoxy groups -OCH3 is 1. The number of morpholine rings is 1. The summed E-state index contributed by atoms with van der Waals surface area (Å²) in [6.07, 6.45) is 3.83. The van der Waals surface area contributed by atoms with Gasteiger partial charge in [-0.1, -0.05) is 11.6 Å². The van der Waals surface area contributed by atoms with Crippen molar-refractivity contribution in [3.63, 3.8) is 0 Å². The Labute approximate surface area is 178 Å². The molecule has 1 aromatic carbocycles. The van der Waals surface area contributed by atoms with E-state index in [1.807, 2.05) is 25.2 Å². The van der Waals surface area contributed by atoms with Crippen LogP contribution in [0, 0.1) is 0 Å². The maximum atomic E-state index is 6.20. The zero-order valence-corrected chi connectivity index (χ0v) is 18.1. The molecule has 0 radical (unpaired) electrons. The smallest absolute Gasteiger partial charge is 0.191 e. The standard InChI is InChI=1S/C21H32ClN5O2/c1-23-21(24-11-18-13-26-8-3-4-17(26)14-29-18)25-16-7-9-27(12-16)19-10-15(22)5-6-20(19)28-2/h5-6,10,16-18H,3-4,7-9,11-14H2,1-2H3,(H2,23,24,25). The lowest BCUT2D eigenvalue weighted by Gasteiger charge is -2.35. The first-order chi connectivity index (χ1) is 14.2. The fraction of sp³-hybridized carbons (Fsp3) is 0.667. The number of guanidine groups is 1. The van der Waals surface area contributed by atoms with Gasteiger partial charge in [0.15, 0.2) is 5.96 Å². The largest absolute Gasteiger partial charge is 0.495 e. The summed E-state index contributed by atoms with van der Waals surface area (Å²) in [5.74, 6) is 1.69. The Hall–Kier alpha value is -1.70. The molecular formula is C21H32ClN5O2. The van der Waals surface area contributed by atoms with Crippen LogP contribution in [-0.4, -0.2) is 82.5 Å². The first-order valence-corrected chi connectivity index (χ1v) is 11.0. The van der Waals surface area contributed by atoms with Gasteiger partial charge in [0.1, 0.15) is 5.75 Å². The second-order valence-corrected chi connectivity index (χ2v) is 8.53. The predicted molar refractivity (Wildman–Crippen MR) is 117 cm³/mol. The van der Waals surface area contributed by atoms with Crippen molar-refractivity contribution in [1.82, 2.24) is 15.5 Å². The van der Waals surface area contributed by atoms with Gasteiger partial charge in [0.2, 0.25) is 0 Å². The van der Waals surface area contributed by atoms with Gasteiger partial charge in [0, 0.05) is 50.3 Å². The molecule has 3 aliphatic heterocycles. The minimum atomic E-state index is 0.221. The average molecular weight is 422 g/mol. The third-order valence-electron chi connectivity index (χ3n) is 6.19. The molecule has 0 spiro atoms. The molecule has 3 unspecified atom stereocenters. The predicted octanol–water partition coefficient (Wildman–Crippen LogP) is 1.96. The Morgan fingerprint density at radius 1 is 1.31 bits per heavy atom. The maximum absolute atomic E-state index is 6.20. The summed E-state index contributed by atoms with van der Waals surface area (Å²) in [4.78, 5) is 9.29. The highest BCUT2D eigenvalue weighted by Crippen LogP contribution is 2.33. The van der Waals surface area contributed by atoms with Crippen molar-refractivity contribution >= 4 is 23.2 Å².